The normalized spacial score (nSPS) is 14.6. The van der Waals surface area contributed by atoms with E-state index >= 15 is 0 Å². The molecule has 2 heterocycles. The molecule has 0 bridgehead atoms. The van der Waals surface area contributed by atoms with Gasteiger partial charge in [0, 0.05) is 30.6 Å². The molecular formula is C16H17ClN4O4. The molecule has 0 saturated carbocycles. The Morgan fingerprint density at radius 2 is 1.96 bits per heavy atom. The molecular weight excluding hydrogens is 348 g/mol. The van der Waals surface area contributed by atoms with E-state index in [0.717, 1.165) is 0 Å². The molecule has 25 heavy (non-hydrogen) atoms. The van der Waals surface area contributed by atoms with Crippen LogP contribution in [-0.2, 0) is 11.3 Å². The van der Waals surface area contributed by atoms with Crippen LogP contribution in [0.4, 0.5) is 11.6 Å². The second-order valence-corrected chi connectivity index (χ2v) is 6.12. The molecule has 0 amide bonds. The minimum absolute atomic E-state index is 0.152. The quantitative estimate of drug-likeness (QED) is 0.460. The number of anilines is 1. The van der Waals surface area contributed by atoms with E-state index in [9.17, 15) is 14.9 Å². The van der Waals surface area contributed by atoms with Crippen LogP contribution in [0, 0.1) is 17.0 Å². The Kier molecular flexibility index (Phi) is 5.00. The molecule has 1 aliphatic heterocycles. The number of imidazole rings is 1. The van der Waals surface area contributed by atoms with E-state index in [4.69, 9.17) is 16.3 Å². The molecule has 0 spiro atoms. The van der Waals surface area contributed by atoms with E-state index in [0.29, 0.717) is 42.7 Å². The molecule has 3 rings (SSSR count). The highest BCUT2D eigenvalue weighted by Crippen LogP contribution is 2.29. The van der Waals surface area contributed by atoms with Crippen molar-refractivity contribution in [2.45, 2.75) is 13.5 Å². The lowest BCUT2D eigenvalue weighted by molar-refractivity contribution is -0.391. The summed E-state index contributed by atoms with van der Waals surface area (Å²) in [6.07, 6.45) is 0. The maximum absolute atomic E-state index is 12.5. The standard InChI is InChI=1S/C16H17ClN4O4/c1-11-18-15(19-6-8-25-9-7-19)16(21(23)24)20(11)10-14(22)12-2-4-13(17)5-3-12/h2-5H,6-10H2,1H3. The zero-order valence-electron chi connectivity index (χ0n) is 13.6. The van der Waals surface area contributed by atoms with Crippen molar-refractivity contribution in [3.63, 3.8) is 0 Å². The summed E-state index contributed by atoms with van der Waals surface area (Å²) in [7, 11) is 0. The molecule has 1 saturated heterocycles. The highest BCUT2D eigenvalue weighted by atomic mass is 35.5. The Bertz CT molecular complexity index is 797. The minimum Gasteiger partial charge on any atom is -0.378 e. The van der Waals surface area contributed by atoms with Crippen molar-refractivity contribution in [1.29, 1.82) is 0 Å². The largest absolute Gasteiger partial charge is 0.378 e. The number of Topliss-reactive ketones (excluding diaryl/α,β-unsaturated/α-hetero) is 1. The van der Waals surface area contributed by atoms with Gasteiger partial charge in [-0.25, -0.2) is 4.57 Å². The monoisotopic (exact) mass is 364 g/mol. The Hall–Kier alpha value is -2.45. The van der Waals surface area contributed by atoms with E-state index in [1.165, 1.54) is 4.57 Å². The number of nitro groups is 1. The van der Waals surface area contributed by atoms with Crippen LogP contribution < -0.4 is 4.90 Å². The van der Waals surface area contributed by atoms with Gasteiger partial charge in [-0.15, -0.1) is 0 Å². The molecule has 8 nitrogen and oxygen atoms in total. The van der Waals surface area contributed by atoms with E-state index in [1.54, 1.807) is 31.2 Å². The summed E-state index contributed by atoms with van der Waals surface area (Å²) in [4.78, 5) is 29.8. The van der Waals surface area contributed by atoms with Gasteiger partial charge in [-0.05, 0) is 29.2 Å². The summed E-state index contributed by atoms with van der Waals surface area (Å²) in [5.74, 6) is 0.306. The van der Waals surface area contributed by atoms with Crippen LogP contribution in [0.15, 0.2) is 24.3 Å². The number of benzene rings is 1. The second kappa shape index (κ2) is 7.20. The number of aryl methyl sites for hydroxylation is 1. The average Bonchev–Trinajstić information content (AvgIpc) is 2.93. The van der Waals surface area contributed by atoms with Crippen molar-refractivity contribution in [2.24, 2.45) is 0 Å². The Morgan fingerprint density at radius 1 is 1.32 bits per heavy atom. The van der Waals surface area contributed by atoms with Crippen LogP contribution >= 0.6 is 11.6 Å². The van der Waals surface area contributed by atoms with Gasteiger partial charge in [0.05, 0.1) is 13.2 Å². The maximum atomic E-state index is 12.5. The van der Waals surface area contributed by atoms with E-state index in [-0.39, 0.29) is 24.0 Å². The molecule has 0 aliphatic carbocycles. The number of carbonyl (C=O) groups is 1. The van der Waals surface area contributed by atoms with Crippen molar-refractivity contribution in [3.05, 3.63) is 50.8 Å². The molecule has 0 atom stereocenters. The van der Waals surface area contributed by atoms with Crippen LogP contribution in [0.5, 0.6) is 0 Å². The fourth-order valence-electron chi connectivity index (χ4n) is 2.77. The first-order valence-corrected chi connectivity index (χ1v) is 8.18. The zero-order chi connectivity index (χ0) is 18.0. The highest BCUT2D eigenvalue weighted by Gasteiger charge is 2.31. The van der Waals surface area contributed by atoms with Gasteiger partial charge in [-0.1, -0.05) is 11.6 Å². The molecule has 1 aliphatic rings. The molecule has 132 valence electrons. The topological polar surface area (TPSA) is 90.5 Å². The molecule has 1 aromatic carbocycles. The number of nitrogens with zero attached hydrogens (tertiary/aromatic N) is 4. The lowest BCUT2D eigenvalue weighted by atomic mass is 10.1. The van der Waals surface area contributed by atoms with Gasteiger partial charge in [0.1, 0.15) is 0 Å². The van der Waals surface area contributed by atoms with Gasteiger partial charge in [0.2, 0.25) is 11.6 Å². The molecule has 0 N–H and O–H groups in total. The lowest BCUT2D eigenvalue weighted by Crippen LogP contribution is -2.36. The summed E-state index contributed by atoms with van der Waals surface area (Å²) >= 11 is 5.83. The fraction of sp³-hybridized carbons (Fsp3) is 0.375. The number of halogens is 1. The molecule has 1 fully saturated rings. The van der Waals surface area contributed by atoms with Crippen LogP contribution in [-0.4, -0.2) is 46.6 Å². The van der Waals surface area contributed by atoms with Gasteiger partial charge in [-0.2, -0.15) is 4.98 Å². The first-order valence-electron chi connectivity index (χ1n) is 7.80. The van der Waals surface area contributed by atoms with Gasteiger partial charge >= 0.3 is 5.82 Å². The minimum atomic E-state index is -0.486. The molecule has 1 aromatic heterocycles. The summed E-state index contributed by atoms with van der Waals surface area (Å²) in [6.45, 7) is 3.55. The number of hydrogen-bond acceptors (Lipinski definition) is 6. The van der Waals surface area contributed by atoms with Crippen molar-refractivity contribution < 1.29 is 14.5 Å². The van der Waals surface area contributed by atoms with Gasteiger partial charge < -0.3 is 19.8 Å². The first-order chi connectivity index (χ1) is 12.0. The number of morpholine rings is 1. The van der Waals surface area contributed by atoms with Crippen LogP contribution in [0.2, 0.25) is 5.02 Å². The third-order valence-corrected chi connectivity index (χ3v) is 4.32. The van der Waals surface area contributed by atoms with Crippen molar-refractivity contribution >= 4 is 29.0 Å². The molecule has 9 heteroatoms. The second-order valence-electron chi connectivity index (χ2n) is 5.68. The third-order valence-electron chi connectivity index (χ3n) is 4.07. The Labute approximate surface area is 149 Å². The first kappa shape index (κ1) is 17.4. The van der Waals surface area contributed by atoms with Crippen LogP contribution in [0.1, 0.15) is 16.2 Å². The van der Waals surface area contributed by atoms with Gasteiger partial charge in [0.25, 0.3) is 0 Å². The predicted octanol–water partition coefficient (Wildman–Crippen LogP) is 2.47. The van der Waals surface area contributed by atoms with E-state index < -0.39 is 4.92 Å². The Balaban J connectivity index is 1.92. The summed E-state index contributed by atoms with van der Waals surface area (Å²) in [5.41, 5.74) is 0.444. The number of aromatic nitrogens is 2. The van der Waals surface area contributed by atoms with Crippen molar-refractivity contribution in [1.82, 2.24) is 9.55 Å². The molecule has 0 unspecified atom stereocenters. The highest BCUT2D eigenvalue weighted by molar-refractivity contribution is 6.30. The van der Waals surface area contributed by atoms with E-state index in [2.05, 4.69) is 4.98 Å². The molecule has 2 aromatic rings. The Morgan fingerprint density at radius 3 is 2.56 bits per heavy atom. The SMILES string of the molecule is Cc1nc(N2CCOCC2)c([N+](=O)[O-])n1CC(=O)c1ccc(Cl)cc1. The molecule has 0 radical (unpaired) electrons. The smallest absolute Gasteiger partial charge is 0.367 e. The van der Waals surface area contributed by atoms with Crippen LogP contribution in [0.3, 0.4) is 0 Å². The summed E-state index contributed by atoms with van der Waals surface area (Å²) in [6, 6.07) is 6.43. The number of ketones is 1. The number of rotatable bonds is 5. The summed E-state index contributed by atoms with van der Waals surface area (Å²) in [5, 5.41) is 12.1. The van der Waals surface area contributed by atoms with Gasteiger partial charge in [0.15, 0.2) is 12.4 Å². The maximum Gasteiger partial charge on any atom is 0.367 e. The lowest BCUT2D eigenvalue weighted by Gasteiger charge is -2.26. The van der Waals surface area contributed by atoms with Crippen molar-refractivity contribution in [2.75, 3.05) is 31.2 Å². The fourth-order valence-corrected chi connectivity index (χ4v) is 2.89. The van der Waals surface area contributed by atoms with Crippen LogP contribution in [0.25, 0.3) is 0 Å². The third kappa shape index (κ3) is 3.64. The number of carbonyl (C=O) groups excluding carboxylic acids is 1. The van der Waals surface area contributed by atoms with Crippen molar-refractivity contribution in [3.8, 4) is 0 Å². The number of ether oxygens (including phenoxy) is 1. The average molecular weight is 365 g/mol. The number of hydrogen-bond donors (Lipinski definition) is 0. The van der Waals surface area contributed by atoms with E-state index in [1.807, 2.05) is 4.90 Å². The predicted molar refractivity (Wildman–Crippen MR) is 92.4 cm³/mol. The summed E-state index contributed by atoms with van der Waals surface area (Å²) < 4.78 is 6.63. The van der Waals surface area contributed by atoms with Gasteiger partial charge in [-0.3, -0.25) is 4.79 Å². The zero-order valence-corrected chi connectivity index (χ0v) is 14.4.